The van der Waals surface area contributed by atoms with Crippen molar-refractivity contribution in [2.45, 2.75) is 31.7 Å². The molecular weight excluding hydrogens is 336 g/mol. The van der Waals surface area contributed by atoms with Crippen LogP contribution in [0.1, 0.15) is 30.8 Å². The number of rotatable bonds is 3. The molecule has 0 aliphatic heterocycles. The Labute approximate surface area is 143 Å². The third-order valence-corrected chi connectivity index (χ3v) is 5.25. The van der Waals surface area contributed by atoms with Crippen LogP contribution in [0.25, 0.3) is 21.3 Å². The van der Waals surface area contributed by atoms with E-state index in [4.69, 9.17) is 10.3 Å². The number of halogens is 1. The summed E-state index contributed by atoms with van der Waals surface area (Å²) in [5, 5.41) is 9.13. The summed E-state index contributed by atoms with van der Waals surface area (Å²) in [7, 11) is 1.88. The molecule has 0 unspecified atom stereocenters. The van der Waals surface area contributed by atoms with Gasteiger partial charge in [-0.1, -0.05) is 5.16 Å². The third kappa shape index (κ3) is 2.66. The maximum atomic E-state index is 6.24. The number of aryl methyl sites for hydroxylation is 2. The summed E-state index contributed by atoms with van der Waals surface area (Å²) in [5.41, 5.74) is 7.69. The molecule has 7 nitrogen and oxygen atoms in total. The highest BCUT2D eigenvalue weighted by atomic mass is 35.5. The quantitative estimate of drug-likeness (QED) is 0.778. The Kier molecular flexibility index (Phi) is 3.99. The molecule has 9 heteroatoms. The number of thiazole rings is 1. The van der Waals surface area contributed by atoms with E-state index in [1.807, 2.05) is 20.2 Å². The molecule has 1 aliphatic rings. The highest BCUT2D eigenvalue weighted by Crippen LogP contribution is 2.39. The summed E-state index contributed by atoms with van der Waals surface area (Å²) in [5.74, 6) is 1.10. The van der Waals surface area contributed by atoms with Crippen molar-refractivity contribution in [3.05, 3.63) is 23.9 Å². The number of hydrogen-bond acceptors (Lipinski definition) is 7. The summed E-state index contributed by atoms with van der Waals surface area (Å²) < 4.78 is 7.17. The lowest BCUT2D eigenvalue weighted by molar-refractivity contribution is 0.229. The highest BCUT2D eigenvalue weighted by molar-refractivity contribution is 7.18. The maximum Gasteiger partial charge on any atom is 0.270 e. The predicted molar refractivity (Wildman–Crippen MR) is 89.3 cm³/mol. The summed E-state index contributed by atoms with van der Waals surface area (Å²) >= 11 is 1.53. The van der Waals surface area contributed by atoms with Gasteiger partial charge in [-0.3, -0.25) is 4.68 Å². The largest absolute Gasteiger partial charge is 0.333 e. The van der Waals surface area contributed by atoms with Crippen molar-refractivity contribution >= 4 is 23.7 Å². The normalized spacial score (nSPS) is 16.0. The van der Waals surface area contributed by atoms with Crippen LogP contribution in [0.5, 0.6) is 0 Å². The van der Waals surface area contributed by atoms with Crippen LogP contribution in [0.4, 0.5) is 0 Å². The summed E-state index contributed by atoms with van der Waals surface area (Å²) in [6, 6.07) is 0. The molecule has 0 spiro atoms. The zero-order valence-electron chi connectivity index (χ0n) is 12.8. The number of nitrogens with two attached hydrogens (primary N) is 1. The smallest absolute Gasteiger partial charge is 0.270 e. The van der Waals surface area contributed by atoms with Crippen LogP contribution >= 0.6 is 23.7 Å². The van der Waals surface area contributed by atoms with Gasteiger partial charge in [0.25, 0.3) is 5.89 Å². The third-order valence-electron chi connectivity index (χ3n) is 4.06. The number of nitrogens with zero attached hydrogens (tertiary/aromatic N) is 5. The Balaban J connectivity index is 0.00000156. The molecule has 3 heterocycles. The molecule has 0 radical (unpaired) electrons. The second-order valence-corrected chi connectivity index (χ2v) is 6.77. The average Bonchev–Trinajstić information content (AvgIpc) is 3.15. The first-order valence-electron chi connectivity index (χ1n) is 7.15. The first-order chi connectivity index (χ1) is 10.5. The lowest BCUT2D eigenvalue weighted by Crippen LogP contribution is -2.44. The topological polar surface area (TPSA) is 95.7 Å². The van der Waals surface area contributed by atoms with E-state index in [1.54, 1.807) is 10.9 Å². The molecule has 0 aromatic carbocycles. The minimum absolute atomic E-state index is 0. The van der Waals surface area contributed by atoms with Gasteiger partial charge in [-0.05, 0) is 26.2 Å². The monoisotopic (exact) mass is 352 g/mol. The van der Waals surface area contributed by atoms with E-state index in [0.717, 1.165) is 40.4 Å². The van der Waals surface area contributed by atoms with E-state index < -0.39 is 5.54 Å². The molecule has 2 N–H and O–H groups in total. The Morgan fingerprint density at radius 1 is 1.35 bits per heavy atom. The minimum atomic E-state index is -0.410. The zero-order valence-corrected chi connectivity index (χ0v) is 14.4. The molecule has 122 valence electrons. The van der Waals surface area contributed by atoms with Crippen LogP contribution in [-0.2, 0) is 12.6 Å². The van der Waals surface area contributed by atoms with E-state index in [2.05, 4.69) is 20.2 Å². The lowest BCUT2D eigenvalue weighted by atomic mass is 9.77. The molecule has 1 saturated carbocycles. The van der Waals surface area contributed by atoms with Gasteiger partial charge >= 0.3 is 0 Å². The molecule has 0 bridgehead atoms. The fourth-order valence-corrected chi connectivity index (χ4v) is 3.51. The number of hydrogen-bond donors (Lipinski definition) is 1. The molecular formula is C14H17ClN6OS. The van der Waals surface area contributed by atoms with Crippen LogP contribution in [0.2, 0.25) is 0 Å². The SMILES string of the molecule is Cc1nc(-c2cnn(C)c2)sc1-c1nc(C2(N)CCC2)no1.Cl. The van der Waals surface area contributed by atoms with Gasteiger partial charge in [-0.2, -0.15) is 10.1 Å². The van der Waals surface area contributed by atoms with E-state index in [0.29, 0.717) is 11.7 Å². The fourth-order valence-electron chi connectivity index (χ4n) is 2.55. The van der Waals surface area contributed by atoms with Crippen LogP contribution < -0.4 is 5.73 Å². The minimum Gasteiger partial charge on any atom is -0.333 e. The van der Waals surface area contributed by atoms with Gasteiger partial charge < -0.3 is 10.3 Å². The summed E-state index contributed by atoms with van der Waals surface area (Å²) in [6.07, 6.45) is 6.67. The van der Waals surface area contributed by atoms with E-state index in [9.17, 15) is 0 Å². The van der Waals surface area contributed by atoms with Gasteiger partial charge in [0.1, 0.15) is 9.88 Å². The average molecular weight is 353 g/mol. The van der Waals surface area contributed by atoms with E-state index in [1.165, 1.54) is 11.3 Å². The number of aromatic nitrogens is 5. The van der Waals surface area contributed by atoms with Gasteiger partial charge in [-0.25, -0.2) is 4.98 Å². The second-order valence-electron chi connectivity index (χ2n) is 5.77. The van der Waals surface area contributed by atoms with Crippen LogP contribution in [0.3, 0.4) is 0 Å². The van der Waals surface area contributed by atoms with Crippen LogP contribution in [0.15, 0.2) is 16.9 Å². The van der Waals surface area contributed by atoms with Crippen LogP contribution in [0, 0.1) is 6.92 Å². The van der Waals surface area contributed by atoms with E-state index >= 15 is 0 Å². The van der Waals surface area contributed by atoms with Gasteiger partial charge in [0.2, 0.25) is 0 Å². The predicted octanol–water partition coefficient (Wildman–Crippen LogP) is 2.66. The molecule has 0 amide bonds. The molecule has 4 rings (SSSR count). The second kappa shape index (κ2) is 5.70. The van der Waals surface area contributed by atoms with Gasteiger partial charge in [-0.15, -0.1) is 23.7 Å². The Hall–Kier alpha value is -1.77. The zero-order chi connectivity index (χ0) is 15.3. The Morgan fingerprint density at radius 2 is 2.13 bits per heavy atom. The van der Waals surface area contributed by atoms with Crippen molar-refractivity contribution in [2.75, 3.05) is 0 Å². The first-order valence-corrected chi connectivity index (χ1v) is 7.97. The molecule has 0 saturated heterocycles. The van der Waals surface area contributed by atoms with Gasteiger partial charge in [0, 0.05) is 18.8 Å². The molecule has 3 aromatic heterocycles. The standard InChI is InChI=1S/C14H16N6OS.ClH/c1-8-10(22-12(17-8)9-6-16-20(2)7-9)11-18-13(19-21-11)14(15)4-3-5-14;/h6-7H,3-5,15H2,1-2H3;1H. The Bertz CT molecular complexity index is 834. The summed E-state index contributed by atoms with van der Waals surface area (Å²) in [6.45, 7) is 1.94. The van der Waals surface area contributed by atoms with Crippen molar-refractivity contribution in [1.29, 1.82) is 0 Å². The fraction of sp³-hybridized carbons (Fsp3) is 0.429. The van der Waals surface area contributed by atoms with Crippen molar-refractivity contribution in [2.24, 2.45) is 12.8 Å². The Morgan fingerprint density at radius 3 is 2.74 bits per heavy atom. The molecule has 3 aromatic rings. The van der Waals surface area contributed by atoms with E-state index in [-0.39, 0.29) is 12.4 Å². The highest BCUT2D eigenvalue weighted by Gasteiger charge is 2.39. The van der Waals surface area contributed by atoms with Crippen molar-refractivity contribution in [3.8, 4) is 21.3 Å². The maximum absolute atomic E-state index is 6.24. The van der Waals surface area contributed by atoms with Gasteiger partial charge in [0.05, 0.1) is 17.4 Å². The molecule has 1 fully saturated rings. The lowest BCUT2D eigenvalue weighted by Gasteiger charge is -2.34. The van der Waals surface area contributed by atoms with Crippen LogP contribution in [-0.4, -0.2) is 24.9 Å². The van der Waals surface area contributed by atoms with Crippen molar-refractivity contribution in [3.63, 3.8) is 0 Å². The first kappa shape index (κ1) is 16.1. The van der Waals surface area contributed by atoms with Crippen molar-refractivity contribution < 1.29 is 4.52 Å². The molecule has 0 atom stereocenters. The summed E-state index contributed by atoms with van der Waals surface area (Å²) in [4.78, 5) is 9.97. The molecule has 23 heavy (non-hydrogen) atoms. The van der Waals surface area contributed by atoms with Gasteiger partial charge in [0.15, 0.2) is 5.82 Å². The van der Waals surface area contributed by atoms with Crippen molar-refractivity contribution in [1.82, 2.24) is 24.9 Å². The molecule has 1 aliphatic carbocycles.